The zero-order valence-corrected chi connectivity index (χ0v) is 84.2. The van der Waals surface area contributed by atoms with E-state index >= 15 is 0 Å². The van der Waals surface area contributed by atoms with E-state index in [2.05, 4.69) is 287 Å². The van der Waals surface area contributed by atoms with Crippen molar-refractivity contribution in [3.63, 3.8) is 0 Å². The zero-order valence-electron chi connectivity index (χ0n) is 84.2. The summed E-state index contributed by atoms with van der Waals surface area (Å²) in [5.74, 6) is 0. The van der Waals surface area contributed by atoms with Gasteiger partial charge in [-0.1, -0.05) is 437 Å². The van der Waals surface area contributed by atoms with E-state index in [9.17, 15) is 0 Å². The van der Waals surface area contributed by atoms with Crippen LogP contribution in [0.4, 0.5) is 0 Å². The monoisotopic (exact) mass is 1710 g/mol. The molecule has 0 saturated carbocycles. The maximum atomic E-state index is 2.62. The van der Waals surface area contributed by atoms with Crippen molar-refractivity contribution in [2.24, 2.45) is 0 Å². The molecule has 0 saturated heterocycles. The number of nitrogens with zero attached hydrogens (tertiary/aromatic N) is 3. The van der Waals surface area contributed by atoms with Crippen LogP contribution in [0.1, 0.15) is 294 Å². The molecule has 3 aliphatic heterocycles. The number of benzene rings is 15. The van der Waals surface area contributed by atoms with Gasteiger partial charge in [0.15, 0.2) is 0 Å². The molecule has 0 amide bonds. The van der Waals surface area contributed by atoms with Gasteiger partial charge in [0.25, 0.3) is 0 Å². The third-order valence-corrected chi connectivity index (χ3v) is 25.3. The van der Waals surface area contributed by atoms with E-state index in [0.717, 1.165) is 57.8 Å². The number of rotatable bonds is 0. The van der Waals surface area contributed by atoms with Crippen LogP contribution in [0.2, 0.25) is 0 Å². The predicted molar refractivity (Wildman–Crippen MR) is 579 cm³/mol. The molecule has 3 nitrogen and oxygen atoms in total. The van der Waals surface area contributed by atoms with Crippen molar-refractivity contribution in [3.8, 4) is 83.8 Å². The smallest absolute Gasteiger partial charge is 0.0583 e. The second-order valence-corrected chi connectivity index (χ2v) is 30.3. The second-order valence-electron chi connectivity index (χ2n) is 30.3. The molecule has 3 heteroatoms. The Morgan fingerprint density at radius 2 is 0.423 bits per heavy atom. The highest BCUT2D eigenvalue weighted by molar-refractivity contribution is 6.20. The Hall–Kier alpha value is -12.3. The number of para-hydroxylation sites is 3. The fourth-order valence-corrected chi connectivity index (χ4v) is 21.3. The molecule has 6 aliphatic carbocycles. The van der Waals surface area contributed by atoms with E-state index in [-0.39, 0.29) is 0 Å². The number of fused-ring (bicyclic) bond motifs is 39. The molecule has 0 fully saturated rings. The van der Waals surface area contributed by atoms with Crippen LogP contribution in [0.5, 0.6) is 0 Å². The van der Waals surface area contributed by atoms with E-state index in [1.54, 1.807) is 0 Å². The van der Waals surface area contributed by atoms with Crippen LogP contribution in [0.15, 0.2) is 273 Å². The fourth-order valence-electron chi connectivity index (χ4n) is 21.3. The molecule has 0 bridgehead atoms. The van der Waals surface area contributed by atoms with Crippen LogP contribution in [0, 0.1) is 0 Å². The van der Waals surface area contributed by atoms with Gasteiger partial charge in [-0.25, -0.2) is 0 Å². The molecular weight excluding hydrogens is 1570 g/mol. The van der Waals surface area contributed by atoms with Gasteiger partial charge in [-0.05, 0) is 216 Å². The van der Waals surface area contributed by atoms with Gasteiger partial charge in [0.2, 0.25) is 0 Å². The molecule has 0 radical (unpaired) electrons. The largest absolute Gasteiger partial charge is 0.308 e. The van der Waals surface area contributed by atoms with Crippen molar-refractivity contribution in [1.29, 1.82) is 0 Å². The minimum atomic E-state index is 1.00. The molecule has 18 aromatic rings. The number of hydrogen-bond donors (Lipinski definition) is 0. The lowest BCUT2D eigenvalue weighted by molar-refractivity contribution is 1.01. The summed E-state index contributed by atoms with van der Waals surface area (Å²) >= 11 is 0. The quantitative estimate of drug-likeness (QED) is 0.144. The number of aromatic nitrogens is 3. The van der Waals surface area contributed by atoms with Crippen molar-refractivity contribution in [1.82, 2.24) is 13.7 Å². The highest BCUT2D eigenvalue weighted by Crippen LogP contribution is 2.56. The van der Waals surface area contributed by atoms with Gasteiger partial charge in [-0.2, -0.15) is 0 Å². The van der Waals surface area contributed by atoms with Gasteiger partial charge in [-0.15, -0.1) is 0 Å². The minimum Gasteiger partial charge on any atom is -0.308 e. The maximum Gasteiger partial charge on any atom is 0.0583 e. The molecule has 0 spiro atoms. The Labute approximate surface area is 782 Å². The Balaban J connectivity index is 0.000000166. The standard InChI is InChI=1S/3C33H21N.14C2H6/c1-3-9-23-20(8-1)17-29-25(23)14-13-21-15-22-18-27-24-10-4-2-7-19(24)16-28(27)31-26-11-5-6-12-30(26)34(32(21)29)33(22)31;1-3-9-24-20(8-1)18-28-26(24)14-13-21-16-23-17-22-15-19-7-2-4-10-25(19)30(22)31-27-11-5-6-12-29(27)34(32(21)28)33(23)31;1-3-9-23-20(8-1)16-27-25(23)14-13-21-17-29-31-22(15-19-7-2-4-10-24(19)31)18-28-26-11-5-6-12-30(26)34(32(21)27)33(28)29;14*1-2/h1-14,18H,15-17H2;1-14,17H,15-16,18H2;1-14,18H,15-17H2;14*1-2H3. The lowest BCUT2D eigenvalue weighted by atomic mass is 9.87. The first-order chi connectivity index (χ1) is 64.6. The molecule has 130 heavy (non-hydrogen) atoms. The van der Waals surface area contributed by atoms with Gasteiger partial charge in [-0.3, -0.25) is 0 Å². The van der Waals surface area contributed by atoms with Gasteiger partial charge in [0, 0.05) is 70.8 Å². The van der Waals surface area contributed by atoms with Crippen molar-refractivity contribution in [2.75, 3.05) is 0 Å². The average molecular weight is 1720 g/mol. The zero-order chi connectivity index (χ0) is 93.9. The Morgan fingerprint density at radius 3 is 0.831 bits per heavy atom. The van der Waals surface area contributed by atoms with Gasteiger partial charge < -0.3 is 13.7 Å². The Morgan fingerprint density at radius 1 is 0.154 bits per heavy atom. The topological polar surface area (TPSA) is 14.8 Å². The summed E-state index contributed by atoms with van der Waals surface area (Å²) in [4.78, 5) is 0. The van der Waals surface area contributed by atoms with Crippen LogP contribution >= 0.6 is 0 Å². The lowest BCUT2D eigenvalue weighted by Crippen LogP contribution is -2.12. The van der Waals surface area contributed by atoms with Crippen molar-refractivity contribution >= 4 is 65.4 Å². The molecule has 670 valence electrons. The lowest BCUT2D eigenvalue weighted by Gasteiger charge is -2.25. The second kappa shape index (κ2) is 45.3. The summed E-state index contributed by atoms with van der Waals surface area (Å²) in [6.45, 7) is 56.0. The summed E-state index contributed by atoms with van der Waals surface area (Å²) in [6.07, 6.45) is 9.19. The Kier molecular flexibility index (Phi) is 34.3. The highest BCUT2D eigenvalue weighted by atomic mass is 15.0. The third-order valence-electron chi connectivity index (χ3n) is 25.3. The first kappa shape index (κ1) is 98.3. The van der Waals surface area contributed by atoms with Crippen LogP contribution in [-0.4, -0.2) is 13.7 Å². The SMILES string of the molecule is CC.CC.CC.CC.CC.CC.CC.CC.CC.CC.CC.CC.CC.CC.c1ccc2c(c1)Cc1c-2ccc2c1-n1c3ccccc3c3c4c(cc(c31)C2)-c1ccccc1C4.c1ccc2c(c1)Cc1c-2ccc2c1-n1c3ccccc3c3c4c(cc(c31)C2)Cc1ccccc1-4.c1ccc2c(c1)Cc1c-2ccc2c1-n1c3ccccc3c3cc4c(c(c31)C2)-c1ccccc1C4. The summed E-state index contributed by atoms with van der Waals surface area (Å²) in [5, 5.41) is 8.48. The summed E-state index contributed by atoms with van der Waals surface area (Å²) < 4.78 is 7.85. The van der Waals surface area contributed by atoms with E-state index < -0.39 is 0 Å². The molecule has 0 atom stereocenters. The molecule has 0 unspecified atom stereocenters. The van der Waals surface area contributed by atoms with E-state index in [1.165, 1.54) is 249 Å². The molecular formula is C127H147N3. The first-order valence-electron chi connectivity index (χ1n) is 50.8. The minimum absolute atomic E-state index is 1.00. The van der Waals surface area contributed by atoms with Crippen LogP contribution in [0.3, 0.4) is 0 Å². The maximum absolute atomic E-state index is 2.62. The number of hydrogen-bond acceptors (Lipinski definition) is 0. The molecule has 15 aromatic carbocycles. The van der Waals surface area contributed by atoms with E-state index in [1.807, 2.05) is 194 Å². The fraction of sp³-hybridized carbons (Fsp3) is 0.291. The molecule has 0 N–H and O–H groups in total. The van der Waals surface area contributed by atoms with E-state index in [0.29, 0.717) is 0 Å². The Bertz CT molecular complexity index is 6900. The third kappa shape index (κ3) is 16.3. The first-order valence-corrected chi connectivity index (χ1v) is 50.8. The summed E-state index contributed by atoms with van der Waals surface area (Å²) in [7, 11) is 0. The van der Waals surface area contributed by atoms with Crippen molar-refractivity contribution in [3.05, 3.63) is 373 Å². The van der Waals surface area contributed by atoms with Crippen molar-refractivity contribution < 1.29 is 0 Å². The van der Waals surface area contributed by atoms with Gasteiger partial charge in [0.05, 0.1) is 50.2 Å². The van der Waals surface area contributed by atoms with Gasteiger partial charge >= 0.3 is 0 Å². The molecule has 3 aromatic heterocycles. The molecule has 27 rings (SSSR count). The summed E-state index contributed by atoms with van der Waals surface area (Å²) in [6, 6.07) is 103. The predicted octanol–water partition coefficient (Wildman–Crippen LogP) is 37.9. The molecule has 9 aliphatic rings. The average Bonchev–Trinajstić information content (AvgIpc) is 1.56. The molecule has 6 heterocycles. The van der Waals surface area contributed by atoms with E-state index in [4.69, 9.17) is 0 Å². The summed E-state index contributed by atoms with van der Waals surface area (Å²) in [5.41, 5.74) is 56.2. The highest BCUT2D eigenvalue weighted by Gasteiger charge is 2.38. The van der Waals surface area contributed by atoms with Crippen molar-refractivity contribution in [2.45, 2.75) is 252 Å². The normalized spacial score (nSPS) is 11.7. The van der Waals surface area contributed by atoms with Gasteiger partial charge in [0.1, 0.15) is 0 Å². The van der Waals surface area contributed by atoms with Crippen LogP contribution in [-0.2, 0) is 57.8 Å². The van der Waals surface area contributed by atoms with Crippen LogP contribution < -0.4 is 0 Å². The van der Waals surface area contributed by atoms with Crippen LogP contribution in [0.25, 0.3) is 149 Å².